The maximum Gasteiger partial charge on any atom is 0.164 e. The van der Waals surface area contributed by atoms with E-state index in [2.05, 4.69) is 133 Å². The zero-order valence-electron chi connectivity index (χ0n) is 25.0. The third-order valence-electron chi connectivity index (χ3n) is 8.16. The summed E-state index contributed by atoms with van der Waals surface area (Å²) >= 11 is 0. The molecule has 0 radical (unpaired) electrons. The maximum absolute atomic E-state index is 5.04. The molecular formula is C42H28N4. The van der Waals surface area contributed by atoms with Crippen LogP contribution in [0.1, 0.15) is 0 Å². The third kappa shape index (κ3) is 5.56. The van der Waals surface area contributed by atoms with Crippen LogP contribution in [0.3, 0.4) is 0 Å². The van der Waals surface area contributed by atoms with Crippen LogP contribution in [-0.4, -0.2) is 19.9 Å². The molecule has 8 rings (SSSR count). The molecule has 2 heterocycles. The number of benzene rings is 6. The number of hydrogen-bond acceptors (Lipinski definition) is 4. The number of rotatable bonds is 6. The minimum atomic E-state index is 0.611. The highest BCUT2D eigenvalue weighted by Crippen LogP contribution is 2.31. The van der Waals surface area contributed by atoms with Gasteiger partial charge in [-0.25, -0.2) is 15.0 Å². The molecular weight excluding hydrogens is 560 g/mol. The Labute approximate surface area is 267 Å². The van der Waals surface area contributed by atoms with Gasteiger partial charge in [-0.2, -0.15) is 0 Å². The van der Waals surface area contributed by atoms with Crippen LogP contribution in [0, 0.1) is 0 Å². The normalized spacial score (nSPS) is 11.0. The van der Waals surface area contributed by atoms with Crippen molar-refractivity contribution in [2.45, 2.75) is 0 Å². The van der Waals surface area contributed by atoms with Gasteiger partial charge < -0.3 is 0 Å². The van der Waals surface area contributed by atoms with Gasteiger partial charge in [0.2, 0.25) is 0 Å². The van der Waals surface area contributed by atoms with Gasteiger partial charge in [-0.1, -0.05) is 146 Å². The summed E-state index contributed by atoms with van der Waals surface area (Å²) < 4.78 is 0. The highest BCUT2D eigenvalue weighted by molar-refractivity contribution is 5.85. The molecule has 0 amide bonds. The van der Waals surface area contributed by atoms with Crippen LogP contribution >= 0.6 is 0 Å². The summed E-state index contributed by atoms with van der Waals surface area (Å²) in [5.74, 6) is 1.86. The second-order valence-corrected chi connectivity index (χ2v) is 11.2. The zero-order valence-corrected chi connectivity index (χ0v) is 25.0. The Bertz CT molecular complexity index is 2300. The van der Waals surface area contributed by atoms with Crippen LogP contribution < -0.4 is 0 Å². The summed E-state index contributed by atoms with van der Waals surface area (Å²) in [7, 11) is 0. The second kappa shape index (κ2) is 12.0. The molecule has 4 nitrogen and oxygen atoms in total. The summed E-state index contributed by atoms with van der Waals surface area (Å²) in [6.07, 6.45) is 1.93. The molecule has 0 saturated heterocycles. The lowest BCUT2D eigenvalue weighted by atomic mass is 10.0. The van der Waals surface area contributed by atoms with Crippen molar-refractivity contribution in [1.82, 2.24) is 19.9 Å². The Morgan fingerprint density at radius 2 is 0.717 bits per heavy atom. The average molecular weight is 589 g/mol. The first-order valence-corrected chi connectivity index (χ1v) is 15.3. The summed E-state index contributed by atoms with van der Waals surface area (Å²) in [6, 6.07) is 56.2. The molecule has 0 aliphatic rings. The molecule has 0 atom stereocenters. The van der Waals surface area contributed by atoms with Crippen molar-refractivity contribution >= 4 is 10.8 Å². The predicted molar refractivity (Wildman–Crippen MR) is 188 cm³/mol. The van der Waals surface area contributed by atoms with Crippen LogP contribution in [-0.2, 0) is 0 Å². The highest BCUT2D eigenvalue weighted by Gasteiger charge is 2.14. The molecule has 8 aromatic rings. The summed E-state index contributed by atoms with van der Waals surface area (Å²) in [6.45, 7) is 0. The smallest absolute Gasteiger partial charge is 0.164 e. The molecule has 216 valence electrons. The van der Waals surface area contributed by atoms with Gasteiger partial charge in [0.1, 0.15) is 0 Å². The number of nitrogens with zero attached hydrogens (tertiary/aromatic N) is 4. The quantitative estimate of drug-likeness (QED) is 0.194. The predicted octanol–water partition coefficient (Wildman–Crippen LogP) is 10.4. The first-order chi connectivity index (χ1) is 22.8. The minimum Gasteiger partial charge on any atom is -0.256 e. The summed E-state index contributed by atoms with van der Waals surface area (Å²) in [5, 5.41) is 2.27. The van der Waals surface area contributed by atoms with Crippen LogP contribution in [0.15, 0.2) is 170 Å². The van der Waals surface area contributed by atoms with E-state index in [1.54, 1.807) is 0 Å². The molecule has 0 aliphatic carbocycles. The standard InChI is InChI=1S/C42H28N4/c1-3-11-29(12-4-1)31-21-23-32(24-22-31)40-44-41(36-19-9-17-33(25-36)30-13-5-2-6-14-30)46-42(45-40)37-20-10-18-35(26-37)39-27-34-15-7-8-16-38(34)28-43-39/h1-28H. The lowest BCUT2D eigenvalue weighted by molar-refractivity contribution is 1.07. The van der Waals surface area contributed by atoms with Gasteiger partial charge in [0, 0.05) is 33.8 Å². The van der Waals surface area contributed by atoms with Crippen molar-refractivity contribution in [1.29, 1.82) is 0 Å². The lowest BCUT2D eigenvalue weighted by Crippen LogP contribution is -2.00. The second-order valence-electron chi connectivity index (χ2n) is 11.2. The van der Waals surface area contributed by atoms with Gasteiger partial charge in [-0.05, 0) is 45.8 Å². The molecule has 46 heavy (non-hydrogen) atoms. The molecule has 0 aliphatic heterocycles. The summed E-state index contributed by atoms with van der Waals surface area (Å²) in [5.41, 5.74) is 9.23. The van der Waals surface area contributed by atoms with Crippen LogP contribution in [0.25, 0.3) is 78.4 Å². The lowest BCUT2D eigenvalue weighted by Gasteiger charge is -2.11. The van der Waals surface area contributed by atoms with E-state index in [-0.39, 0.29) is 0 Å². The van der Waals surface area contributed by atoms with Crippen molar-refractivity contribution in [3.05, 3.63) is 170 Å². The van der Waals surface area contributed by atoms with E-state index in [0.29, 0.717) is 17.5 Å². The van der Waals surface area contributed by atoms with Gasteiger partial charge in [-0.3, -0.25) is 4.98 Å². The topological polar surface area (TPSA) is 51.6 Å². The molecule has 2 aromatic heterocycles. The first-order valence-electron chi connectivity index (χ1n) is 15.3. The van der Waals surface area contributed by atoms with Crippen LogP contribution in [0.2, 0.25) is 0 Å². The van der Waals surface area contributed by atoms with E-state index in [0.717, 1.165) is 55.4 Å². The van der Waals surface area contributed by atoms with Gasteiger partial charge in [-0.15, -0.1) is 0 Å². The van der Waals surface area contributed by atoms with E-state index in [1.807, 2.05) is 36.5 Å². The van der Waals surface area contributed by atoms with Gasteiger partial charge >= 0.3 is 0 Å². The van der Waals surface area contributed by atoms with Crippen molar-refractivity contribution in [3.8, 4) is 67.7 Å². The summed E-state index contributed by atoms with van der Waals surface area (Å²) in [4.78, 5) is 19.8. The number of pyridine rings is 1. The van der Waals surface area contributed by atoms with E-state index < -0.39 is 0 Å². The number of hydrogen-bond donors (Lipinski definition) is 0. The zero-order chi connectivity index (χ0) is 30.7. The van der Waals surface area contributed by atoms with E-state index in [4.69, 9.17) is 19.9 Å². The Morgan fingerprint density at radius 3 is 1.37 bits per heavy atom. The SMILES string of the molecule is c1ccc(-c2ccc(-c3nc(-c4cccc(-c5ccccc5)c4)nc(-c4cccc(-c5cc6ccccc6cn5)c4)n3)cc2)cc1. The maximum atomic E-state index is 5.04. The molecule has 0 spiro atoms. The van der Waals surface area contributed by atoms with Crippen LogP contribution in [0.4, 0.5) is 0 Å². The van der Waals surface area contributed by atoms with Crippen molar-refractivity contribution in [2.24, 2.45) is 0 Å². The van der Waals surface area contributed by atoms with E-state index in [9.17, 15) is 0 Å². The Hall–Kier alpha value is -6.26. The van der Waals surface area contributed by atoms with E-state index >= 15 is 0 Å². The van der Waals surface area contributed by atoms with Crippen molar-refractivity contribution in [2.75, 3.05) is 0 Å². The molecule has 0 N–H and O–H groups in total. The number of fused-ring (bicyclic) bond motifs is 1. The largest absolute Gasteiger partial charge is 0.256 e. The Kier molecular flexibility index (Phi) is 7.14. The fraction of sp³-hybridized carbons (Fsp3) is 0. The molecule has 0 fully saturated rings. The average Bonchev–Trinajstić information content (AvgIpc) is 3.15. The Balaban J connectivity index is 1.24. The highest BCUT2D eigenvalue weighted by atomic mass is 15.0. The molecule has 6 aromatic carbocycles. The fourth-order valence-electron chi connectivity index (χ4n) is 5.73. The van der Waals surface area contributed by atoms with Crippen molar-refractivity contribution in [3.63, 3.8) is 0 Å². The molecule has 0 saturated carbocycles. The molecule has 4 heteroatoms. The molecule has 0 bridgehead atoms. The number of aromatic nitrogens is 4. The monoisotopic (exact) mass is 588 g/mol. The van der Waals surface area contributed by atoms with Crippen LogP contribution in [0.5, 0.6) is 0 Å². The van der Waals surface area contributed by atoms with Gasteiger partial charge in [0.05, 0.1) is 5.69 Å². The van der Waals surface area contributed by atoms with Gasteiger partial charge in [0.25, 0.3) is 0 Å². The van der Waals surface area contributed by atoms with Crippen molar-refractivity contribution < 1.29 is 0 Å². The first kappa shape index (κ1) is 27.3. The third-order valence-corrected chi connectivity index (χ3v) is 8.16. The van der Waals surface area contributed by atoms with Gasteiger partial charge in [0.15, 0.2) is 17.5 Å². The molecule has 0 unspecified atom stereocenters. The minimum absolute atomic E-state index is 0.611. The fourth-order valence-corrected chi connectivity index (χ4v) is 5.73. The van der Waals surface area contributed by atoms with E-state index in [1.165, 1.54) is 5.56 Å². The Morgan fingerprint density at radius 1 is 0.283 bits per heavy atom.